The smallest absolute Gasteiger partial charge is 0.344 e. The average molecular weight is 821 g/mol. The number of rotatable bonds is 15. The van der Waals surface area contributed by atoms with Gasteiger partial charge in [-0.15, -0.1) is 0 Å². The SMILES string of the molecule is COc1[nH]c2ccc(F)cc2c1C(=O)OCC1CCN(CCNS(C)(=O)=O)CC1.Cn1cc(C(=O)OCC2CCN(CCNS(C)(=O)=O)CC2)c2ccccc21. The molecule has 0 atom stereocenters. The second kappa shape index (κ2) is 19.4. The second-order valence-corrected chi connectivity index (χ2v) is 18.2. The quantitative estimate of drug-likeness (QED) is 0.150. The Morgan fingerprint density at radius 3 is 1.88 bits per heavy atom. The first-order chi connectivity index (χ1) is 26.6. The van der Waals surface area contributed by atoms with Crippen LogP contribution in [0.15, 0.2) is 48.7 Å². The zero-order valence-corrected chi connectivity index (χ0v) is 34.0. The van der Waals surface area contributed by atoms with E-state index in [9.17, 15) is 30.8 Å². The van der Waals surface area contributed by atoms with Gasteiger partial charge in [-0.2, -0.15) is 0 Å². The number of hydrogen-bond donors (Lipinski definition) is 3. The summed E-state index contributed by atoms with van der Waals surface area (Å²) in [6.07, 6.45) is 7.74. The zero-order chi connectivity index (χ0) is 40.5. The summed E-state index contributed by atoms with van der Waals surface area (Å²) in [4.78, 5) is 32.5. The molecule has 6 rings (SSSR count). The first-order valence-electron chi connectivity index (χ1n) is 18.7. The molecule has 0 aliphatic carbocycles. The number of likely N-dealkylation sites (tertiary alicyclic amines) is 2. The third-order valence-corrected chi connectivity index (χ3v) is 11.6. The van der Waals surface area contributed by atoms with Crippen LogP contribution < -0.4 is 14.2 Å². The van der Waals surface area contributed by atoms with Gasteiger partial charge in [0.2, 0.25) is 25.9 Å². The third kappa shape index (κ3) is 12.5. The molecule has 15 nitrogen and oxygen atoms in total. The van der Waals surface area contributed by atoms with Crippen LogP contribution in [0.25, 0.3) is 21.8 Å². The Bertz CT molecular complexity index is 2180. The molecule has 4 heterocycles. The molecule has 2 aliphatic heterocycles. The number of aromatic amines is 1. The summed E-state index contributed by atoms with van der Waals surface area (Å²) in [7, 11) is -2.94. The first-order valence-corrected chi connectivity index (χ1v) is 22.5. The monoisotopic (exact) mass is 820 g/mol. The number of methoxy groups -OCH3 is 1. The van der Waals surface area contributed by atoms with E-state index in [1.54, 1.807) is 6.07 Å². The molecule has 4 aromatic rings. The van der Waals surface area contributed by atoms with E-state index in [4.69, 9.17) is 14.2 Å². The summed E-state index contributed by atoms with van der Waals surface area (Å²) in [6.45, 7) is 6.29. The van der Waals surface area contributed by atoms with Crippen LogP contribution in [-0.4, -0.2) is 133 Å². The summed E-state index contributed by atoms with van der Waals surface area (Å²) < 4.78 is 81.3. The summed E-state index contributed by atoms with van der Waals surface area (Å²) in [6, 6.07) is 12.0. The Hall–Kier alpha value is -4.07. The van der Waals surface area contributed by atoms with Gasteiger partial charge in [-0.05, 0) is 88.0 Å². The zero-order valence-electron chi connectivity index (χ0n) is 32.4. The summed E-state index contributed by atoms with van der Waals surface area (Å²) in [5.41, 5.74) is 2.43. The number of para-hydroxylation sites is 1. The van der Waals surface area contributed by atoms with Gasteiger partial charge in [0.1, 0.15) is 11.4 Å². The van der Waals surface area contributed by atoms with Crippen molar-refractivity contribution in [3.8, 4) is 5.88 Å². The lowest BCUT2D eigenvalue weighted by Crippen LogP contribution is -2.40. The normalized spacial score (nSPS) is 16.4. The van der Waals surface area contributed by atoms with Crippen molar-refractivity contribution in [3.05, 3.63) is 65.6 Å². The molecule has 56 heavy (non-hydrogen) atoms. The number of H-pyrrole nitrogens is 1. The van der Waals surface area contributed by atoms with Gasteiger partial charge < -0.3 is 33.6 Å². The third-order valence-electron chi connectivity index (χ3n) is 10.2. The standard InChI is InChI=1S/C19H26FN3O5S.C19H27N3O4S/c1-27-18-17(15-11-14(20)3-4-16(15)22-18)19(24)28-12-13-5-8-23(9-6-13)10-7-21-29(2,25)26;1-21-13-17(16-5-3-4-6-18(16)21)19(23)26-14-15-7-10-22(11-8-15)12-9-20-27(2,24)25/h3-4,11,13,21-22H,5-10,12H2,1-2H3;3-6,13,15,20H,7-12,14H2,1-2H3. The maximum Gasteiger partial charge on any atom is 0.344 e. The van der Waals surface area contributed by atoms with E-state index in [0.717, 1.165) is 69.0 Å². The van der Waals surface area contributed by atoms with Crippen LogP contribution in [0.1, 0.15) is 46.4 Å². The van der Waals surface area contributed by atoms with Crippen molar-refractivity contribution in [2.45, 2.75) is 25.7 Å². The summed E-state index contributed by atoms with van der Waals surface area (Å²) in [5, 5.41) is 1.35. The number of aromatic nitrogens is 2. The minimum absolute atomic E-state index is 0.200. The summed E-state index contributed by atoms with van der Waals surface area (Å²) >= 11 is 0. The van der Waals surface area contributed by atoms with Crippen LogP contribution in [0, 0.1) is 17.7 Å². The topological polar surface area (TPSA) is 181 Å². The van der Waals surface area contributed by atoms with Crippen LogP contribution in [-0.2, 0) is 36.6 Å². The molecular formula is C38H53FN6O9S2. The Labute approximate surface area is 327 Å². The lowest BCUT2D eigenvalue weighted by molar-refractivity contribution is 0.0366. The number of halogens is 1. The molecule has 308 valence electrons. The first kappa shape index (κ1) is 43.1. The summed E-state index contributed by atoms with van der Waals surface area (Å²) in [5.74, 6) is -0.422. The Morgan fingerprint density at radius 1 is 0.804 bits per heavy atom. The number of piperidine rings is 2. The molecule has 0 unspecified atom stereocenters. The van der Waals surface area contributed by atoms with Crippen molar-refractivity contribution in [1.82, 2.24) is 28.8 Å². The molecule has 0 amide bonds. The molecule has 3 N–H and O–H groups in total. The van der Waals surface area contributed by atoms with Crippen LogP contribution in [0.2, 0.25) is 0 Å². The van der Waals surface area contributed by atoms with E-state index < -0.39 is 31.8 Å². The van der Waals surface area contributed by atoms with E-state index in [0.29, 0.717) is 55.2 Å². The van der Waals surface area contributed by atoms with Gasteiger partial charge in [-0.25, -0.2) is 40.3 Å². The number of esters is 2. The average Bonchev–Trinajstić information content (AvgIpc) is 3.70. The minimum Gasteiger partial charge on any atom is -0.482 e. The predicted molar refractivity (Wildman–Crippen MR) is 212 cm³/mol. The largest absolute Gasteiger partial charge is 0.482 e. The van der Waals surface area contributed by atoms with Gasteiger partial charge in [0.15, 0.2) is 0 Å². The van der Waals surface area contributed by atoms with Crippen molar-refractivity contribution in [2.75, 3.05) is 85.2 Å². The molecule has 0 spiro atoms. The van der Waals surface area contributed by atoms with Crippen molar-refractivity contribution < 1.29 is 45.0 Å². The number of sulfonamides is 2. The van der Waals surface area contributed by atoms with E-state index >= 15 is 0 Å². The van der Waals surface area contributed by atoms with Gasteiger partial charge in [-0.1, -0.05) is 18.2 Å². The predicted octanol–water partition coefficient (Wildman–Crippen LogP) is 3.33. The molecule has 0 radical (unpaired) electrons. The van der Waals surface area contributed by atoms with Crippen molar-refractivity contribution >= 4 is 53.8 Å². The van der Waals surface area contributed by atoms with Crippen LogP contribution in [0.4, 0.5) is 4.39 Å². The maximum atomic E-state index is 13.6. The highest BCUT2D eigenvalue weighted by Gasteiger charge is 2.25. The number of ether oxygens (including phenoxy) is 3. The lowest BCUT2D eigenvalue weighted by Gasteiger charge is -2.31. The van der Waals surface area contributed by atoms with E-state index in [-0.39, 0.29) is 29.9 Å². The van der Waals surface area contributed by atoms with Crippen LogP contribution in [0.3, 0.4) is 0 Å². The number of carbonyl (C=O) groups is 2. The molecular weight excluding hydrogens is 768 g/mol. The van der Waals surface area contributed by atoms with E-state index in [2.05, 4.69) is 24.2 Å². The highest BCUT2D eigenvalue weighted by molar-refractivity contribution is 7.89. The lowest BCUT2D eigenvalue weighted by atomic mass is 9.98. The number of benzene rings is 2. The maximum absolute atomic E-state index is 13.6. The fourth-order valence-corrected chi connectivity index (χ4v) is 7.99. The van der Waals surface area contributed by atoms with E-state index in [1.807, 2.05) is 42.1 Å². The van der Waals surface area contributed by atoms with Crippen LogP contribution in [0.5, 0.6) is 5.88 Å². The van der Waals surface area contributed by atoms with Gasteiger partial charge >= 0.3 is 11.9 Å². The van der Waals surface area contributed by atoms with Crippen molar-refractivity contribution in [2.24, 2.45) is 18.9 Å². The Balaban J connectivity index is 0.000000215. The number of hydrogen-bond acceptors (Lipinski definition) is 11. The molecule has 0 saturated carbocycles. The Kier molecular flexibility index (Phi) is 14.9. The number of carbonyl (C=O) groups excluding carboxylic acids is 2. The number of nitrogens with zero attached hydrogens (tertiary/aromatic N) is 3. The molecule has 0 bridgehead atoms. The highest BCUT2D eigenvalue weighted by atomic mass is 32.2. The van der Waals surface area contributed by atoms with Crippen molar-refractivity contribution in [1.29, 1.82) is 0 Å². The van der Waals surface area contributed by atoms with Gasteiger partial charge in [-0.3, -0.25) is 0 Å². The van der Waals surface area contributed by atoms with Gasteiger partial charge in [0, 0.05) is 61.2 Å². The molecule has 2 aliphatic rings. The van der Waals surface area contributed by atoms with E-state index in [1.165, 1.54) is 25.5 Å². The van der Waals surface area contributed by atoms with Crippen molar-refractivity contribution in [3.63, 3.8) is 0 Å². The minimum atomic E-state index is -3.17. The van der Waals surface area contributed by atoms with Gasteiger partial charge in [0.25, 0.3) is 0 Å². The highest BCUT2D eigenvalue weighted by Crippen LogP contribution is 2.30. The van der Waals surface area contributed by atoms with Gasteiger partial charge in [0.05, 0.1) is 38.4 Å². The fourth-order valence-electron chi connectivity index (χ4n) is 7.07. The number of fused-ring (bicyclic) bond motifs is 2. The second-order valence-electron chi connectivity index (χ2n) is 14.5. The number of nitrogens with one attached hydrogen (secondary N) is 3. The molecule has 2 saturated heterocycles. The van der Waals surface area contributed by atoms with Crippen LogP contribution >= 0.6 is 0 Å². The number of aryl methyl sites for hydroxylation is 1. The molecule has 2 aromatic carbocycles. The Morgan fingerprint density at radius 2 is 1.34 bits per heavy atom. The molecule has 2 aromatic heterocycles. The fraction of sp³-hybridized carbons (Fsp3) is 0.526. The molecule has 2 fully saturated rings. The molecule has 18 heteroatoms.